The lowest BCUT2D eigenvalue weighted by atomic mass is 9.92. The van der Waals surface area contributed by atoms with Crippen molar-refractivity contribution in [3.8, 4) is 0 Å². The summed E-state index contributed by atoms with van der Waals surface area (Å²) in [5.41, 5.74) is 0.248. The molecule has 0 aromatic rings. The van der Waals surface area contributed by atoms with E-state index in [1.807, 2.05) is 0 Å². The van der Waals surface area contributed by atoms with Gasteiger partial charge in [-0.15, -0.1) is 0 Å². The van der Waals surface area contributed by atoms with Crippen molar-refractivity contribution in [1.82, 2.24) is 10.6 Å². The number of piperidine rings is 1. The van der Waals surface area contributed by atoms with E-state index in [4.69, 9.17) is 0 Å². The van der Waals surface area contributed by atoms with Crippen LogP contribution in [-0.2, 0) is 0 Å². The van der Waals surface area contributed by atoms with E-state index in [-0.39, 0.29) is 5.54 Å². The van der Waals surface area contributed by atoms with Crippen molar-refractivity contribution in [1.29, 1.82) is 0 Å². The Morgan fingerprint density at radius 3 is 2.50 bits per heavy atom. The van der Waals surface area contributed by atoms with Crippen molar-refractivity contribution in [2.45, 2.75) is 45.7 Å². The molecule has 1 aliphatic rings. The number of hydrogen-bond donors (Lipinski definition) is 2. The fourth-order valence-corrected chi connectivity index (χ4v) is 1.74. The first kappa shape index (κ1) is 10.0. The Bertz CT molecular complexity index is 137. The SMILES string of the molecule is C[C@H]1CCNCC1NC(C)(C)C. The van der Waals surface area contributed by atoms with Gasteiger partial charge in [-0.3, -0.25) is 0 Å². The average molecular weight is 170 g/mol. The van der Waals surface area contributed by atoms with Crippen LogP contribution in [0.3, 0.4) is 0 Å². The molecule has 12 heavy (non-hydrogen) atoms. The third-order valence-corrected chi connectivity index (χ3v) is 2.45. The minimum absolute atomic E-state index is 0.248. The molecule has 0 aliphatic carbocycles. The van der Waals surface area contributed by atoms with Crippen LogP contribution in [0.1, 0.15) is 34.1 Å². The van der Waals surface area contributed by atoms with Crippen LogP contribution in [0, 0.1) is 5.92 Å². The van der Waals surface area contributed by atoms with Crippen molar-refractivity contribution >= 4 is 0 Å². The highest BCUT2D eigenvalue weighted by Crippen LogP contribution is 2.14. The maximum absolute atomic E-state index is 3.65. The second kappa shape index (κ2) is 3.75. The Morgan fingerprint density at radius 2 is 2.00 bits per heavy atom. The molecule has 2 atom stereocenters. The van der Waals surface area contributed by atoms with E-state index in [0.717, 1.165) is 12.5 Å². The van der Waals surface area contributed by atoms with Crippen LogP contribution in [0.25, 0.3) is 0 Å². The lowest BCUT2D eigenvalue weighted by Crippen LogP contribution is -2.54. The second-order valence-corrected chi connectivity index (χ2v) is 4.97. The Labute approximate surface area is 76.1 Å². The summed E-state index contributed by atoms with van der Waals surface area (Å²) in [4.78, 5) is 0. The number of rotatable bonds is 1. The lowest BCUT2D eigenvalue weighted by molar-refractivity contribution is 0.244. The molecule has 0 amide bonds. The molecule has 0 radical (unpaired) electrons. The third kappa shape index (κ3) is 3.11. The summed E-state index contributed by atoms with van der Waals surface area (Å²) < 4.78 is 0. The highest BCUT2D eigenvalue weighted by atomic mass is 15.0. The van der Waals surface area contributed by atoms with Gasteiger partial charge in [0.15, 0.2) is 0 Å². The summed E-state index contributed by atoms with van der Waals surface area (Å²) in [6.45, 7) is 11.3. The molecule has 1 rings (SSSR count). The van der Waals surface area contributed by atoms with Crippen molar-refractivity contribution in [3.63, 3.8) is 0 Å². The molecular formula is C10H22N2. The van der Waals surface area contributed by atoms with Gasteiger partial charge in [0.05, 0.1) is 0 Å². The minimum Gasteiger partial charge on any atom is -0.315 e. The van der Waals surface area contributed by atoms with Crippen molar-refractivity contribution in [3.05, 3.63) is 0 Å². The van der Waals surface area contributed by atoms with Crippen LogP contribution >= 0.6 is 0 Å². The zero-order valence-electron chi connectivity index (χ0n) is 8.78. The topological polar surface area (TPSA) is 24.1 Å². The summed E-state index contributed by atoms with van der Waals surface area (Å²) in [5.74, 6) is 0.811. The summed E-state index contributed by atoms with van der Waals surface area (Å²) in [5, 5.41) is 7.07. The molecule has 72 valence electrons. The molecule has 2 heteroatoms. The largest absolute Gasteiger partial charge is 0.315 e. The first-order valence-corrected chi connectivity index (χ1v) is 4.97. The monoisotopic (exact) mass is 170 g/mol. The molecule has 0 saturated carbocycles. The maximum Gasteiger partial charge on any atom is 0.0223 e. The zero-order valence-corrected chi connectivity index (χ0v) is 8.78. The molecule has 1 unspecified atom stereocenters. The van der Waals surface area contributed by atoms with Gasteiger partial charge in [-0.25, -0.2) is 0 Å². The third-order valence-electron chi connectivity index (χ3n) is 2.45. The van der Waals surface area contributed by atoms with Gasteiger partial charge in [-0.2, -0.15) is 0 Å². The quantitative estimate of drug-likeness (QED) is 0.621. The lowest BCUT2D eigenvalue weighted by Gasteiger charge is -2.35. The van der Waals surface area contributed by atoms with E-state index >= 15 is 0 Å². The van der Waals surface area contributed by atoms with Crippen molar-refractivity contribution in [2.24, 2.45) is 5.92 Å². The van der Waals surface area contributed by atoms with Crippen LogP contribution in [-0.4, -0.2) is 24.7 Å². The minimum atomic E-state index is 0.248. The normalized spacial score (nSPS) is 32.0. The predicted octanol–water partition coefficient (Wildman–Crippen LogP) is 1.37. The molecule has 1 saturated heterocycles. The molecule has 2 nitrogen and oxygen atoms in total. The van der Waals surface area contributed by atoms with E-state index in [2.05, 4.69) is 38.3 Å². The summed E-state index contributed by atoms with van der Waals surface area (Å²) in [7, 11) is 0. The fourth-order valence-electron chi connectivity index (χ4n) is 1.74. The first-order valence-electron chi connectivity index (χ1n) is 4.97. The Kier molecular flexibility index (Phi) is 3.13. The molecule has 2 N–H and O–H groups in total. The Morgan fingerprint density at radius 1 is 1.33 bits per heavy atom. The average Bonchev–Trinajstić information content (AvgIpc) is 1.91. The summed E-state index contributed by atoms with van der Waals surface area (Å²) in [6.07, 6.45) is 1.30. The maximum atomic E-state index is 3.65. The first-order chi connectivity index (χ1) is 5.49. The van der Waals surface area contributed by atoms with Gasteiger partial charge < -0.3 is 10.6 Å². The number of hydrogen-bond acceptors (Lipinski definition) is 2. The highest BCUT2D eigenvalue weighted by Gasteiger charge is 2.24. The fraction of sp³-hybridized carbons (Fsp3) is 1.00. The van der Waals surface area contributed by atoms with Crippen molar-refractivity contribution in [2.75, 3.05) is 13.1 Å². The van der Waals surface area contributed by atoms with E-state index in [1.165, 1.54) is 13.0 Å². The molecule has 1 heterocycles. The van der Waals surface area contributed by atoms with E-state index in [0.29, 0.717) is 6.04 Å². The molecule has 1 aliphatic heterocycles. The molecule has 0 bridgehead atoms. The van der Waals surface area contributed by atoms with Crippen molar-refractivity contribution < 1.29 is 0 Å². The van der Waals surface area contributed by atoms with Crippen LogP contribution in [0.2, 0.25) is 0 Å². The molecule has 0 aromatic carbocycles. The zero-order chi connectivity index (χ0) is 9.19. The second-order valence-electron chi connectivity index (χ2n) is 4.97. The van der Waals surface area contributed by atoms with Gasteiger partial charge in [0.25, 0.3) is 0 Å². The molecule has 0 spiro atoms. The predicted molar refractivity (Wildman–Crippen MR) is 53.3 cm³/mol. The van der Waals surface area contributed by atoms with Crippen LogP contribution in [0.4, 0.5) is 0 Å². The number of nitrogens with one attached hydrogen (secondary N) is 2. The van der Waals surface area contributed by atoms with E-state index < -0.39 is 0 Å². The highest BCUT2D eigenvalue weighted by molar-refractivity contribution is 4.85. The molecule has 0 aromatic heterocycles. The van der Waals surface area contributed by atoms with Crippen LogP contribution in [0.5, 0.6) is 0 Å². The van der Waals surface area contributed by atoms with E-state index in [1.54, 1.807) is 0 Å². The Balaban J connectivity index is 2.39. The van der Waals surface area contributed by atoms with Gasteiger partial charge in [-0.05, 0) is 39.7 Å². The van der Waals surface area contributed by atoms with E-state index in [9.17, 15) is 0 Å². The smallest absolute Gasteiger partial charge is 0.0223 e. The Hall–Kier alpha value is -0.0800. The van der Waals surface area contributed by atoms with Crippen LogP contribution in [0.15, 0.2) is 0 Å². The molecule has 1 fully saturated rings. The van der Waals surface area contributed by atoms with Gasteiger partial charge >= 0.3 is 0 Å². The van der Waals surface area contributed by atoms with Gasteiger partial charge in [0, 0.05) is 18.1 Å². The van der Waals surface area contributed by atoms with Crippen LogP contribution < -0.4 is 10.6 Å². The standard InChI is InChI=1S/C10H22N2/c1-8-5-6-11-7-9(8)12-10(2,3)4/h8-9,11-12H,5-7H2,1-4H3/t8-,9?/m0/s1. The summed E-state index contributed by atoms with van der Waals surface area (Å²) >= 11 is 0. The van der Waals surface area contributed by atoms with Gasteiger partial charge in [0.2, 0.25) is 0 Å². The van der Waals surface area contributed by atoms with Gasteiger partial charge in [0.1, 0.15) is 0 Å². The van der Waals surface area contributed by atoms with Gasteiger partial charge in [-0.1, -0.05) is 6.92 Å². The molecular weight excluding hydrogens is 148 g/mol. The summed E-state index contributed by atoms with van der Waals surface area (Å²) in [6, 6.07) is 0.652.